The van der Waals surface area contributed by atoms with E-state index in [1.54, 1.807) is 18.2 Å². The van der Waals surface area contributed by atoms with Crippen LogP contribution in [0.4, 0.5) is 13.2 Å². The Morgan fingerprint density at radius 1 is 1.00 bits per heavy atom. The van der Waals surface area contributed by atoms with Gasteiger partial charge in [0.05, 0.1) is 0 Å². The molecule has 3 fully saturated rings. The fraction of sp³-hybridized carbons (Fsp3) is 0.429. The van der Waals surface area contributed by atoms with Gasteiger partial charge >= 0.3 is 6.18 Å². The lowest BCUT2D eigenvalue weighted by Crippen LogP contribution is -2.81. The zero-order valence-corrected chi connectivity index (χ0v) is 17.2. The minimum atomic E-state index is -4.43. The Kier molecular flexibility index (Phi) is 5.91. The van der Waals surface area contributed by atoms with Crippen molar-refractivity contribution in [1.29, 1.82) is 0 Å². The molecule has 174 valence electrons. The SMILES string of the molecule is OCC12OC(c3ccc(Cl)c(Cc4ccc(OCC(F)(F)F)cc4)c3)(O1)[C@H](O)C(O)[C@@H]2O. The van der Waals surface area contributed by atoms with Crippen molar-refractivity contribution in [2.24, 2.45) is 0 Å². The van der Waals surface area contributed by atoms with E-state index < -0.39 is 49.3 Å². The molecule has 3 aliphatic heterocycles. The van der Waals surface area contributed by atoms with Gasteiger partial charge in [0.2, 0.25) is 11.6 Å². The molecule has 0 radical (unpaired) electrons. The van der Waals surface area contributed by atoms with Gasteiger partial charge in [-0.25, -0.2) is 0 Å². The van der Waals surface area contributed by atoms with Gasteiger partial charge in [-0.15, -0.1) is 0 Å². The van der Waals surface area contributed by atoms with Gasteiger partial charge < -0.3 is 34.6 Å². The van der Waals surface area contributed by atoms with Gasteiger partial charge in [0.15, 0.2) is 6.61 Å². The molecule has 0 aliphatic carbocycles. The second-order valence-electron chi connectivity index (χ2n) is 7.75. The highest BCUT2D eigenvalue weighted by Crippen LogP contribution is 2.55. The fourth-order valence-corrected chi connectivity index (χ4v) is 4.07. The van der Waals surface area contributed by atoms with Gasteiger partial charge in [-0.3, -0.25) is 0 Å². The number of fused-ring (bicyclic) bond motifs is 2. The van der Waals surface area contributed by atoms with E-state index in [2.05, 4.69) is 0 Å². The Morgan fingerprint density at radius 3 is 2.25 bits per heavy atom. The number of rotatable bonds is 6. The quantitative estimate of drug-likeness (QED) is 0.504. The molecule has 3 saturated heterocycles. The van der Waals surface area contributed by atoms with E-state index in [4.69, 9.17) is 25.8 Å². The molecule has 2 aromatic rings. The standard InChI is InChI=1S/C21H20ClF3O7/c22-15-6-3-13(21-18(29)16(27)17(28)19(9-26,31-21)32-21)8-12(15)7-11-1-4-14(5-2-11)30-10-20(23,24)25/h1-6,8,16-18,26-29H,7,9-10H2/t16?,17-,18+,19?,21?/m0/s1. The lowest BCUT2D eigenvalue weighted by Gasteiger charge is -2.63. The van der Waals surface area contributed by atoms with E-state index in [0.29, 0.717) is 16.1 Å². The predicted octanol–water partition coefficient (Wildman–Crippen LogP) is 1.86. The van der Waals surface area contributed by atoms with Crippen molar-refractivity contribution in [3.8, 4) is 5.75 Å². The fourth-order valence-electron chi connectivity index (χ4n) is 3.88. The summed E-state index contributed by atoms with van der Waals surface area (Å²) < 4.78 is 52.7. The zero-order chi connectivity index (χ0) is 23.3. The Labute approximate surface area is 185 Å². The maximum Gasteiger partial charge on any atom is 0.422 e. The van der Waals surface area contributed by atoms with Gasteiger partial charge in [0.25, 0.3) is 0 Å². The predicted molar refractivity (Wildman–Crippen MR) is 104 cm³/mol. The van der Waals surface area contributed by atoms with Crippen molar-refractivity contribution < 1.29 is 47.8 Å². The van der Waals surface area contributed by atoms with Crippen LogP contribution in [-0.2, 0) is 21.7 Å². The molecule has 5 rings (SSSR count). The molecule has 2 bridgehead atoms. The highest BCUT2D eigenvalue weighted by Gasteiger charge is 2.73. The number of alkyl halides is 3. The molecule has 7 nitrogen and oxygen atoms in total. The monoisotopic (exact) mass is 476 g/mol. The number of aliphatic hydroxyl groups excluding tert-OH is 4. The highest BCUT2D eigenvalue weighted by molar-refractivity contribution is 6.31. The average Bonchev–Trinajstić information content (AvgIpc) is 2.72. The van der Waals surface area contributed by atoms with Gasteiger partial charge in [-0.1, -0.05) is 29.8 Å². The summed E-state index contributed by atoms with van der Waals surface area (Å²) in [5.74, 6) is -3.57. The van der Waals surface area contributed by atoms with Crippen LogP contribution in [0.15, 0.2) is 42.5 Å². The molecule has 3 atom stereocenters. The van der Waals surface area contributed by atoms with Crippen molar-refractivity contribution >= 4 is 11.6 Å². The lowest BCUT2D eigenvalue weighted by atomic mass is 9.81. The molecule has 0 saturated carbocycles. The second kappa shape index (κ2) is 8.14. The van der Waals surface area contributed by atoms with Gasteiger partial charge in [0.1, 0.15) is 30.7 Å². The molecule has 2 aromatic carbocycles. The minimum Gasteiger partial charge on any atom is -0.484 e. The molecular formula is C21H20ClF3O7. The maximum absolute atomic E-state index is 12.3. The maximum atomic E-state index is 12.3. The lowest BCUT2D eigenvalue weighted by molar-refractivity contribution is -0.591. The number of benzene rings is 2. The molecule has 32 heavy (non-hydrogen) atoms. The van der Waals surface area contributed by atoms with E-state index in [9.17, 15) is 33.6 Å². The van der Waals surface area contributed by atoms with E-state index in [1.807, 2.05) is 0 Å². The molecule has 0 aromatic heterocycles. The van der Waals surface area contributed by atoms with Crippen LogP contribution in [0.3, 0.4) is 0 Å². The van der Waals surface area contributed by atoms with Gasteiger partial charge in [0, 0.05) is 10.6 Å². The van der Waals surface area contributed by atoms with Crippen LogP contribution in [-0.4, -0.2) is 63.9 Å². The van der Waals surface area contributed by atoms with Crippen LogP contribution in [0.1, 0.15) is 16.7 Å². The first-order chi connectivity index (χ1) is 15.0. The Hall–Kier alpha value is -1.92. The van der Waals surface area contributed by atoms with Crippen molar-refractivity contribution in [2.45, 2.75) is 42.5 Å². The van der Waals surface area contributed by atoms with Crippen LogP contribution in [0, 0.1) is 0 Å². The first-order valence-corrected chi connectivity index (χ1v) is 10.0. The number of hydrogen-bond acceptors (Lipinski definition) is 7. The summed E-state index contributed by atoms with van der Waals surface area (Å²) in [5.41, 5.74) is 1.62. The summed E-state index contributed by atoms with van der Waals surface area (Å²) in [5, 5.41) is 40.6. The van der Waals surface area contributed by atoms with E-state index in [0.717, 1.165) is 5.56 Å². The number of ether oxygens (including phenoxy) is 3. The second-order valence-corrected chi connectivity index (χ2v) is 8.16. The van der Waals surface area contributed by atoms with Crippen LogP contribution >= 0.6 is 11.6 Å². The minimum absolute atomic E-state index is 0.0688. The summed E-state index contributed by atoms with van der Waals surface area (Å²) in [6.45, 7) is -2.12. The molecule has 3 heterocycles. The van der Waals surface area contributed by atoms with Crippen LogP contribution in [0.5, 0.6) is 5.75 Å². The van der Waals surface area contributed by atoms with E-state index >= 15 is 0 Å². The Bertz CT molecular complexity index is 976. The Morgan fingerprint density at radius 2 is 1.66 bits per heavy atom. The van der Waals surface area contributed by atoms with Gasteiger partial charge in [-0.2, -0.15) is 13.2 Å². The molecular weight excluding hydrogens is 457 g/mol. The van der Waals surface area contributed by atoms with Crippen LogP contribution < -0.4 is 4.74 Å². The number of aliphatic hydroxyl groups is 4. The molecule has 0 spiro atoms. The molecule has 11 heteroatoms. The Balaban J connectivity index is 1.54. The zero-order valence-electron chi connectivity index (χ0n) is 16.4. The first kappa shape index (κ1) is 23.2. The van der Waals surface area contributed by atoms with Crippen LogP contribution in [0.2, 0.25) is 5.02 Å². The largest absolute Gasteiger partial charge is 0.484 e. The first-order valence-electron chi connectivity index (χ1n) is 9.62. The molecule has 1 unspecified atom stereocenters. The summed E-state index contributed by atoms with van der Waals surface area (Å²) in [6, 6.07) is 10.7. The number of hydrogen-bond donors (Lipinski definition) is 4. The van der Waals surface area contributed by atoms with E-state index in [-0.39, 0.29) is 12.2 Å². The average molecular weight is 477 g/mol. The van der Waals surface area contributed by atoms with E-state index in [1.165, 1.54) is 24.3 Å². The highest BCUT2D eigenvalue weighted by atomic mass is 35.5. The summed E-state index contributed by atoms with van der Waals surface area (Å²) in [6.07, 6.45) is -9.04. The summed E-state index contributed by atoms with van der Waals surface area (Å²) >= 11 is 6.29. The molecule has 0 amide bonds. The van der Waals surface area contributed by atoms with Gasteiger partial charge in [-0.05, 0) is 41.8 Å². The topological polar surface area (TPSA) is 109 Å². The van der Waals surface area contributed by atoms with Crippen molar-refractivity contribution in [1.82, 2.24) is 0 Å². The van der Waals surface area contributed by atoms with Crippen molar-refractivity contribution in [3.63, 3.8) is 0 Å². The van der Waals surface area contributed by atoms with Crippen molar-refractivity contribution in [2.75, 3.05) is 13.2 Å². The molecule has 4 N–H and O–H groups in total. The van der Waals surface area contributed by atoms with Crippen molar-refractivity contribution in [3.05, 3.63) is 64.2 Å². The molecule has 3 aliphatic rings. The summed E-state index contributed by atoms with van der Waals surface area (Å²) in [7, 11) is 0. The third kappa shape index (κ3) is 3.96. The third-order valence-corrected chi connectivity index (χ3v) is 5.89. The smallest absolute Gasteiger partial charge is 0.422 e. The third-order valence-electron chi connectivity index (χ3n) is 5.52. The normalized spacial score (nSPS) is 31.8. The summed E-state index contributed by atoms with van der Waals surface area (Å²) in [4.78, 5) is 0. The number of halogens is 4. The van der Waals surface area contributed by atoms with Crippen LogP contribution in [0.25, 0.3) is 0 Å².